The molecule has 206 valence electrons. The molecule has 0 aliphatic carbocycles. The van der Waals surface area contributed by atoms with E-state index in [0.717, 1.165) is 0 Å². The molecule has 1 amide bonds. The normalized spacial score (nSPS) is 14.9. The minimum atomic E-state index is -1.14. The van der Waals surface area contributed by atoms with Crippen molar-refractivity contribution in [1.29, 1.82) is 0 Å². The van der Waals surface area contributed by atoms with Crippen LogP contribution in [0.15, 0.2) is 57.2 Å². The summed E-state index contributed by atoms with van der Waals surface area (Å²) in [5.41, 5.74) is 4.36. The van der Waals surface area contributed by atoms with Gasteiger partial charge in [0.1, 0.15) is 5.75 Å². The number of ether oxygens (including phenoxy) is 3. The number of halogens is 2. The zero-order valence-electron chi connectivity index (χ0n) is 20.7. The van der Waals surface area contributed by atoms with Crippen LogP contribution in [0.3, 0.4) is 0 Å². The average molecular weight is 640 g/mol. The van der Waals surface area contributed by atoms with Crippen LogP contribution in [0.5, 0.6) is 11.5 Å². The fraction of sp³-hybridized carbons (Fsp3) is 0.240. The van der Waals surface area contributed by atoms with Crippen molar-refractivity contribution in [2.24, 2.45) is 5.10 Å². The Morgan fingerprint density at radius 3 is 2.67 bits per heavy atom. The maximum atomic E-state index is 12.7. The van der Waals surface area contributed by atoms with Crippen molar-refractivity contribution in [3.05, 3.63) is 68.3 Å². The van der Waals surface area contributed by atoms with E-state index in [4.69, 9.17) is 43.1 Å². The van der Waals surface area contributed by atoms with Gasteiger partial charge in [0.15, 0.2) is 24.1 Å². The highest BCUT2D eigenvalue weighted by atomic mass is 79.9. The highest BCUT2D eigenvalue weighted by Gasteiger charge is 2.32. The maximum Gasteiger partial charge on any atom is 0.341 e. The first-order valence-corrected chi connectivity index (χ1v) is 13.0. The molecule has 1 atom stereocenters. The molecule has 0 unspecified atom stereocenters. The van der Waals surface area contributed by atoms with Crippen LogP contribution in [0.2, 0.25) is 5.02 Å². The first-order chi connectivity index (χ1) is 18.6. The maximum absolute atomic E-state index is 12.7. The summed E-state index contributed by atoms with van der Waals surface area (Å²) in [5.74, 6) is -1.65. The van der Waals surface area contributed by atoms with Crippen molar-refractivity contribution in [2.45, 2.75) is 19.9 Å². The number of amides is 1. The molecule has 1 aliphatic rings. The van der Waals surface area contributed by atoms with Gasteiger partial charge in [0.25, 0.3) is 5.91 Å². The molecule has 0 aromatic heterocycles. The number of nitrogens with zero attached hydrogens (tertiary/aromatic N) is 1. The summed E-state index contributed by atoms with van der Waals surface area (Å²) in [5, 5.41) is 19.2. The van der Waals surface area contributed by atoms with E-state index in [1.165, 1.54) is 12.3 Å². The lowest BCUT2D eigenvalue weighted by molar-refractivity contribution is -0.140. The number of hydrogen-bond acceptors (Lipinski definition) is 8. The van der Waals surface area contributed by atoms with Crippen LogP contribution in [0.25, 0.3) is 0 Å². The van der Waals surface area contributed by atoms with Crippen LogP contribution in [0, 0.1) is 0 Å². The lowest BCUT2D eigenvalue weighted by Gasteiger charge is -2.30. The summed E-state index contributed by atoms with van der Waals surface area (Å²) in [6.45, 7) is 2.73. The number of allylic oxidation sites excluding steroid dienone is 1. The highest BCUT2D eigenvalue weighted by Crippen LogP contribution is 2.35. The summed E-state index contributed by atoms with van der Waals surface area (Å²) < 4.78 is 16.5. The molecular weight excluding hydrogens is 616 g/mol. The number of hydrazone groups is 1. The van der Waals surface area contributed by atoms with Crippen molar-refractivity contribution < 1.29 is 33.7 Å². The van der Waals surface area contributed by atoms with Gasteiger partial charge in [0.05, 0.1) is 33.9 Å². The number of para-hydroxylation sites is 1. The van der Waals surface area contributed by atoms with Crippen LogP contribution in [0.4, 0.5) is 0 Å². The molecule has 11 nitrogen and oxygen atoms in total. The number of carboxylic acid groups (broad SMARTS) is 1. The minimum Gasteiger partial charge on any atom is -0.483 e. The Bertz CT molecular complexity index is 1330. The van der Waals surface area contributed by atoms with E-state index >= 15 is 0 Å². The van der Waals surface area contributed by atoms with Gasteiger partial charge in [-0.25, -0.2) is 15.0 Å². The molecule has 0 bridgehead atoms. The van der Waals surface area contributed by atoms with Gasteiger partial charge in [-0.1, -0.05) is 29.8 Å². The third kappa shape index (κ3) is 8.15. The van der Waals surface area contributed by atoms with E-state index in [-0.39, 0.29) is 24.0 Å². The fourth-order valence-corrected chi connectivity index (χ4v) is 4.80. The number of benzene rings is 2. The molecule has 0 spiro atoms. The van der Waals surface area contributed by atoms with Gasteiger partial charge in [-0.15, -0.1) is 0 Å². The molecule has 39 heavy (non-hydrogen) atoms. The molecule has 14 heteroatoms. The molecule has 0 fully saturated rings. The number of aliphatic carboxylic acids is 1. The summed E-state index contributed by atoms with van der Waals surface area (Å²) in [6.07, 6.45) is 1.35. The first kappa shape index (κ1) is 29.9. The summed E-state index contributed by atoms with van der Waals surface area (Å²) in [7, 11) is 0. The van der Waals surface area contributed by atoms with E-state index < -0.39 is 30.5 Å². The molecule has 0 radical (unpaired) electrons. The second-order valence-corrected chi connectivity index (χ2v) is 9.58. The zero-order valence-corrected chi connectivity index (χ0v) is 23.9. The van der Waals surface area contributed by atoms with E-state index in [1.807, 2.05) is 0 Å². The number of thiocarbonyl (C=S) groups is 1. The molecule has 1 heterocycles. The summed E-state index contributed by atoms with van der Waals surface area (Å²) in [6, 6.07) is 9.39. The van der Waals surface area contributed by atoms with Gasteiger partial charge in [0.2, 0.25) is 0 Å². The van der Waals surface area contributed by atoms with E-state index in [0.29, 0.717) is 37.7 Å². The molecule has 1 aliphatic heterocycles. The van der Waals surface area contributed by atoms with Gasteiger partial charge in [-0.2, -0.15) is 5.10 Å². The number of carboxylic acids is 1. The van der Waals surface area contributed by atoms with Gasteiger partial charge in [0, 0.05) is 11.3 Å². The zero-order chi connectivity index (χ0) is 28.5. The van der Waals surface area contributed by atoms with Gasteiger partial charge in [-0.05, 0) is 65.8 Å². The second kappa shape index (κ2) is 13.9. The predicted molar refractivity (Wildman–Crippen MR) is 151 cm³/mol. The Morgan fingerprint density at radius 2 is 1.97 bits per heavy atom. The van der Waals surface area contributed by atoms with E-state index in [2.05, 4.69) is 37.1 Å². The highest BCUT2D eigenvalue weighted by molar-refractivity contribution is 9.10. The third-order valence-electron chi connectivity index (χ3n) is 5.12. The number of carbonyl (C=O) groups is 3. The average Bonchev–Trinajstić information content (AvgIpc) is 2.86. The van der Waals surface area contributed by atoms with Crippen LogP contribution in [-0.2, 0) is 19.1 Å². The number of esters is 1. The van der Waals surface area contributed by atoms with Crippen LogP contribution in [0.1, 0.15) is 31.0 Å². The number of nitrogens with one attached hydrogen (secondary N) is 3. The topological polar surface area (TPSA) is 148 Å². The van der Waals surface area contributed by atoms with Crippen LogP contribution >= 0.6 is 39.7 Å². The Kier molecular flexibility index (Phi) is 10.7. The molecule has 0 saturated carbocycles. The first-order valence-electron chi connectivity index (χ1n) is 11.4. The monoisotopic (exact) mass is 638 g/mol. The quantitative estimate of drug-likeness (QED) is 0.125. The second-order valence-electron chi connectivity index (χ2n) is 7.91. The molecular formula is C25H24BrClN4O7S. The molecule has 3 rings (SSSR count). The van der Waals surface area contributed by atoms with Crippen LogP contribution < -0.4 is 25.5 Å². The third-order valence-corrected chi connectivity index (χ3v) is 6.21. The van der Waals surface area contributed by atoms with E-state index in [9.17, 15) is 14.4 Å². The van der Waals surface area contributed by atoms with Gasteiger partial charge in [-0.3, -0.25) is 4.79 Å². The Morgan fingerprint density at radius 1 is 1.23 bits per heavy atom. The summed E-state index contributed by atoms with van der Waals surface area (Å²) in [4.78, 5) is 35.8. The molecule has 4 N–H and O–H groups in total. The Hall–Kier alpha value is -3.68. The standard InChI is InChI=1S/C25H24BrClN4O7S/c1-3-36-24(35)21-13(2)29-25(39)30-22(21)15-6-4-5-7-18(15)37-11-19(32)31-28-10-14-8-16(26)23(17(27)9-14)38-12-20(33)34/h4-10,22H,3,11-12H2,1-2H3,(H,31,32)(H,33,34)(H2,29,30,39)/t22-/m0/s1. The van der Waals surface area contributed by atoms with Gasteiger partial charge < -0.3 is 30.0 Å². The number of carbonyl (C=O) groups excluding carboxylic acids is 2. The lowest BCUT2D eigenvalue weighted by atomic mass is 9.95. The fourth-order valence-electron chi connectivity index (χ4n) is 3.54. The smallest absolute Gasteiger partial charge is 0.341 e. The SMILES string of the molecule is CCOC(=O)C1=C(C)NC(=S)N[C@H]1c1ccccc1OCC(=O)NN=Cc1cc(Cl)c(OCC(=O)O)c(Br)c1. The van der Waals surface area contributed by atoms with Crippen molar-refractivity contribution in [3.63, 3.8) is 0 Å². The molecule has 0 saturated heterocycles. The predicted octanol–water partition coefficient (Wildman–Crippen LogP) is 3.45. The Balaban J connectivity index is 1.67. The largest absolute Gasteiger partial charge is 0.483 e. The minimum absolute atomic E-state index is 0.163. The van der Waals surface area contributed by atoms with Crippen molar-refractivity contribution in [3.8, 4) is 11.5 Å². The number of hydrogen-bond donors (Lipinski definition) is 4. The summed E-state index contributed by atoms with van der Waals surface area (Å²) >= 11 is 14.7. The van der Waals surface area contributed by atoms with Crippen LogP contribution in [-0.4, -0.2) is 54.1 Å². The molecule has 2 aromatic carbocycles. The molecule has 2 aromatic rings. The van der Waals surface area contributed by atoms with Crippen molar-refractivity contribution in [2.75, 3.05) is 19.8 Å². The lowest BCUT2D eigenvalue weighted by Crippen LogP contribution is -2.45. The Labute approximate surface area is 242 Å². The number of rotatable bonds is 11. The van der Waals surface area contributed by atoms with Gasteiger partial charge >= 0.3 is 11.9 Å². The van der Waals surface area contributed by atoms with Crippen molar-refractivity contribution >= 4 is 68.9 Å². The van der Waals surface area contributed by atoms with E-state index in [1.54, 1.807) is 44.2 Å². The van der Waals surface area contributed by atoms with Crippen molar-refractivity contribution in [1.82, 2.24) is 16.1 Å².